The molecule has 3 rings (SSSR count). The van der Waals surface area contributed by atoms with Crippen LogP contribution in [-0.2, 0) is 19.5 Å². The maximum absolute atomic E-state index is 5.86. The van der Waals surface area contributed by atoms with Gasteiger partial charge in [0.05, 0.1) is 11.4 Å². The second kappa shape index (κ2) is 7.42. The van der Waals surface area contributed by atoms with Gasteiger partial charge in [0, 0.05) is 36.6 Å². The van der Waals surface area contributed by atoms with E-state index < -0.39 is 0 Å². The molecule has 0 aliphatic rings. The minimum absolute atomic E-state index is 0.437. The number of aryl methyl sites for hydroxylation is 1. The van der Waals surface area contributed by atoms with Gasteiger partial charge in [0.15, 0.2) is 0 Å². The Morgan fingerprint density at radius 3 is 2.87 bits per heavy atom. The van der Waals surface area contributed by atoms with Gasteiger partial charge in [-0.2, -0.15) is 0 Å². The molecule has 0 radical (unpaired) electrons. The molecule has 5 nitrogen and oxygen atoms in total. The molecule has 0 atom stereocenters. The third-order valence-electron chi connectivity index (χ3n) is 4.37. The van der Waals surface area contributed by atoms with Gasteiger partial charge in [0.1, 0.15) is 0 Å². The number of para-hydroxylation sites is 1. The Hall–Kier alpha value is -2.14. The van der Waals surface area contributed by atoms with E-state index in [4.69, 9.17) is 5.73 Å². The number of aromatic amines is 1. The van der Waals surface area contributed by atoms with Crippen LogP contribution >= 0.6 is 0 Å². The van der Waals surface area contributed by atoms with Crippen LogP contribution < -0.4 is 5.73 Å². The highest BCUT2D eigenvalue weighted by Crippen LogP contribution is 2.22. The van der Waals surface area contributed by atoms with E-state index in [1.54, 1.807) is 0 Å². The molecule has 5 heteroatoms. The zero-order chi connectivity index (χ0) is 16.1. The summed E-state index contributed by atoms with van der Waals surface area (Å²) in [4.78, 5) is 3.34. The van der Waals surface area contributed by atoms with Crippen LogP contribution in [0.4, 0.5) is 0 Å². The van der Waals surface area contributed by atoms with Crippen LogP contribution in [0.5, 0.6) is 0 Å². The minimum Gasteiger partial charge on any atom is -0.361 e. The predicted molar refractivity (Wildman–Crippen MR) is 93.2 cm³/mol. The van der Waals surface area contributed by atoms with Crippen molar-refractivity contribution in [1.29, 1.82) is 0 Å². The van der Waals surface area contributed by atoms with E-state index in [1.807, 2.05) is 10.7 Å². The summed E-state index contributed by atoms with van der Waals surface area (Å²) >= 11 is 0. The van der Waals surface area contributed by atoms with Crippen LogP contribution in [0.25, 0.3) is 10.9 Å². The Balaban J connectivity index is 1.82. The van der Waals surface area contributed by atoms with E-state index in [0.29, 0.717) is 6.54 Å². The van der Waals surface area contributed by atoms with Crippen molar-refractivity contribution >= 4 is 10.9 Å². The van der Waals surface area contributed by atoms with E-state index >= 15 is 0 Å². The van der Waals surface area contributed by atoms with Crippen molar-refractivity contribution in [3.8, 4) is 0 Å². The zero-order valence-electron chi connectivity index (χ0n) is 13.8. The van der Waals surface area contributed by atoms with Crippen molar-refractivity contribution in [3.05, 3.63) is 47.4 Å². The fourth-order valence-electron chi connectivity index (χ4n) is 3.05. The molecule has 1 aromatic carbocycles. The van der Waals surface area contributed by atoms with Crippen molar-refractivity contribution in [1.82, 2.24) is 20.0 Å². The second-order valence-electron chi connectivity index (χ2n) is 6.01. The summed E-state index contributed by atoms with van der Waals surface area (Å²) in [5, 5.41) is 9.85. The number of nitrogens with zero attached hydrogens (tertiary/aromatic N) is 3. The third kappa shape index (κ3) is 3.45. The Bertz CT molecular complexity index is 756. The molecule has 0 bridgehead atoms. The molecule has 3 N–H and O–H groups in total. The van der Waals surface area contributed by atoms with E-state index in [-0.39, 0.29) is 0 Å². The fraction of sp³-hybridized carbons (Fsp3) is 0.444. The van der Waals surface area contributed by atoms with Gasteiger partial charge in [0.25, 0.3) is 0 Å². The van der Waals surface area contributed by atoms with E-state index in [0.717, 1.165) is 30.8 Å². The predicted octanol–water partition coefficient (Wildman–Crippen LogP) is 3.39. The van der Waals surface area contributed by atoms with Crippen LogP contribution in [0.3, 0.4) is 0 Å². The van der Waals surface area contributed by atoms with Crippen LogP contribution in [0.2, 0.25) is 0 Å². The molecule has 0 saturated heterocycles. The molecule has 0 spiro atoms. The maximum atomic E-state index is 5.86. The number of unbranched alkanes of at least 4 members (excludes halogenated alkanes) is 3. The van der Waals surface area contributed by atoms with Crippen LogP contribution in [0, 0.1) is 0 Å². The van der Waals surface area contributed by atoms with Gasteiger partial charge in [-0.3, -0.25) is 0 Å². The molecule has 0 saturated carbocycles. The number of H-pyrrole nitrogens is 1. The lowest BCUT2D eigenvalue weighted by Gasteiger charge is -2.07. The molecule has 2 aromatic heterocycles. The summed E-state index contributed by atoms with van der Waals surface area (Å²) in [5.74, 6) is 0. The average molecular weight is 311 g/mol. The standard InChI is InChI=1S/C18H25N5/c1-2-3-4-7-10-23-18(17(12-19)21-22-23)11-14-13-20-16-9-6-5-8-15(14)16/h5-6,8-9,13,20H,2-4,7,10-12,19H2,1H3. The lowest BCUT2D eigenvalue weighted by atomic mass is 10.1. The lowest BCUT2D eigenvalue weighted by molar-refractivity contribution is 0.515. The molecule has 122 valence electrons. The Morgan fingerprint density at radius 1 is 1.17 bits per heavy atom. The summed E-state index contributed by atoms with van der Waals surface area (Å²) in [6.45, 7) is 3.59. The maximum Gasteiger partial charge on any atom is 0.0998 e. The first-order valence-corrected chi connectivity index (χ1v) is 8.49. The fourth-order valence-corrected chi connectivity index (χ4v) is 3.05. The van der Waals surface area contributed by atoms with Crippen molar-refractivity contribution in [2.24, 2.45) is 5.73 Å². The SMILES string of the molecule is CCCCCCn1nnc(CN)c1Cc1c[nH]c2ccccc12. The molecular formula is C18H25N5. The summed E-state index contributed by atoms with van der Waals surface area (Å²) in [6, 6.07) is 8.37. The number of hydrogen-bond acceptors (Lipinski definition) is 3. The number of hydrogen-bond donors (Lipinski definition) is 2. The molecule has 0 aliphatic carbocycles. The first-order chi connectivity index (χ1) is 11.3. The van der Waals surface area contributed by atoms with Crippen LogP contribution in [-0.4, -0.2) is 20.0 Å². The molecule has 0 fully saturated rings. The highest BCUT2D eigenvalue weighted by Gasteiger charge is 2.14. The highest BCUT2D eigenvalue weighted by atomic mass is 15.4. The first-order valence-electron chi connectivity index (χ1n) is 8.49. The largest absolute Gasteiger partial charge is 0.361 e. The molecule has 0 unspecified atom stereocenters. The highest BCUT2D eigenvalue weighted by molar-refractivity contribution is 5.83. The van der Waals surface area contributed by atoms with E-state index in [2.05, 4.69) is 46.6 Å². The summed E-state index contributed by atoms with van der Waals surface area (Å²) < 4.78 is 2.04. The zero-order valence-corrected chi connectivity index (χ0v) is 13.8. The Morgan fingerprint density at radius 2 is 2.04 bits per heavy atom. The van der Waals surface area contributed by atoms with Crippen molar-refractivity contribution in [2.75, 3.05) is 0 Å². The Kier molecular flexibility index (Phi) is 5.08. The smallest absolute Gasteiger partial charge is 0.0998 e. The topological polar surface area (TPSA) is 72.5 Å². The molecule has 2 heterocycles. The van der Waals surface area contributed by atoms with Gasteiger partial charge >= 0.3 is 0 Å². The normalized spacial score (nSPS) is 11.4. The number of aromatic nitrogens is 4. The summed E-state index contributed by atoms with van der Waals surface area (Å²) in [5.41, 5.74) is 10.3. The van der Waals surface area contributed by atoms with Gasteiger partial charge in [-0.15, -0.1) is 5.10 Å². The van der Waals surface area contributed by atoms with E-state index in [9.17, 15) is 0 Å². The minimum atomic E-state index is 0.437. The molecule has 0 amide bonds. The van der Waals surface area contributed by atoms with Gasteiger partial charge < -0.3 is 10.7 Å². The molecule has 23 heavy (non-hydrogen) atoms. The van der Waals surface area contributed by atoms with Crippen LogP contribution in [0.1, 0.15) is 49.6 Å². The number of benzene rings is 1. The summed E-state index contributed by atoms with van der Waals surface area (Å²) in [6.07, 6.45) is 7.80. The Labute approximate surface area is 136 Å². The van der Waals surface area contributed by atoms with Crippen molar-refractivity contribution in [2.45, 2.75) is 52.1 Å². The molecular weight excluding hydrogens is 286 g/mol. The third-order valence-corrected chi connectivity index (χ3v) is 4.37. The van der Waals surface area contributed by atoms with Crippen LogP contribution in [0.15, 0.2) is 30.5 Å². The van der Waals surface area contributed by atoms with Gasteiger partial charge in [-0.05, 0) is 18.1 Å². The number of nitrogens with one attached hydrogen (secondary N) is 1. The lowest BCUT2D eigenvalue weighted by Crippen LogP contribution is -2.09. The molecule has 0 aliphatic heterocycles. The van der Waals surface area contributed by atoms with Crippen molar-refractivity contribution in [3.63, 3.8) is 0 Å². The van der Waals surface area contributed by atoms with Gasteiger partial charge in [-0.1, -0.05) is 49.6 Å². The average Bonchev–Trinajstić information content (AvgIpc) is 3.17. The van der Waals surface area contributed by atoms with E-state index in [1.165, 1.54) is 35.7 Å². The molecule has 3 aromatic rings. The summed E-state index contributed by atoms with van der Waals surface area (Å²) in [7, 11) is 0. The van der Waals surface area contributed by atoms with Gasteiger partial charge in [0.2, 0.25) is 0 Å². The monoisotopic (exact) mass is 311 g/mol. The quantitative estimate of drug-likeness (QED) is 0.626. The van der Waals surface area contributed by atoms with Gasteiger partial charge in [-0.25, -0.2) is 4.68 Å². The number of fused-ring (bicyclic) bond motifs is 1. The number of nitrogens with two attached hydrogens (primary N) is 1. The van der Waals surface area contributed by atoms with Crippen molar-refractivity contribution < 1.29 is 0 Å². The number of rotatable bonds is 8. The second-order valence-corrected chi connectivity index (χ2v) is 6.01. The first kappa shape index (κ1) is 15.7.